The van der Waals surface area contributed by atoms with Crippen LogP contribution in [-0.4, -0.2) is 9.97 Å². The molecule has 0 amide bonds. The number of aryl methyl sites for hydroxylation is 1. The standard InChI is InChI=1S/C14H18FN5/c1-2-3-4-10-5-7-11(8-6-10)18-13-12(15)9-17-14(19-13)20-16/h5-9H,2-4,16H2,1H3,(H2,17,18,19,20). The third-order valence-corrected chi connectivity index (χ3v) is 2.91. The molecular weight excluding hydrogens is 257 g/mol. The highest BCUT2D eigenvalue weighted by atomic mass is 19.1. The van der Waals surface area contributed by atoms with Crippen LogP contribution in [0.3, 0.4) is 0 Å². The summed E-state index contributed by atoms with van der Waals surface area (Å²) in [5, 5.41) is 2.91. The van der Waals surface area contributed by atoms with Gasteiger partial charge in [-0.2, -0.15) is 4.98 Å². The van der Waals surface area contributed by atoms with Gasteiger partial charge in [-0.1, -0.05) is 25.5 Å². The molecule has 4 N–H and O–H groups in total. The van der Waals surface area contributed by atoms with Crippen LogP contribution in [0.1, 0.15) is 25.3 Å². The lowest BCUT2D eigenvalue weighted by atomic mass is 10.1. The van der Waals surface area contributed by atoms with Crippen LogP contribution in [0.4, 0.5) is 21.8 Å². The minimum atomic E-state index is -0.529. The summed E-state index contributed by atoms with van der Waals surface area (Å²) >= 11 is 0. The van der Waals surface area contributed by atoms with Crippen molar-refractivity contribution in [1.29, 1.82) is 0 Å². The number of benzene rings is 1. The monoisotopic (exact) mass is 275 g/mol. The summed E-state index contributed by atoms with van der Waals surface area (Å²) in [5.41, 5.74) is 4.32. The number of hydrogen-bond acceptors (Lipinski definition) is 5. The molecule has 2 aromatic rings. The van der Waals surface area contributed by atoms with Crippen molar-refractivity contribution in [2.45, 2.75) is 26.2 Å². The molecule has 0 saturated heterocycles. The quantitative estimate of drug-likeness (QED) is 0.558. The van der Waals surface area contributed by atoms with E-state index in [1.807, 2.05) is 24.3 Å². The number of nitrogens with one attached hydrogen (secondary N) is 2. The summed E-state index contributed by atoms with van der Waals surface area (Å²) in [6.07, 6.45) is 4.46. The van der Waals surface area contributed by atoms with Gasteiger partial charge in [0, 0.05) is 5.69 Å². The molecular formula is C14H18FN5. The van der Waals surface area contributed by atoms with E-state index in [2.05, 4.69) is 27.6 Å². The van der Waals surface area contributed by atoms with Crippen molar-refractivity contribution >= 4 is 17.5 Å². The normalized spacial score (nSPS) is 10.3. The average molecular weight is 275 g/mol. The van der Waals surface area contributed by atoms with E-state index >= 15 is 0 Å². The van der Waals surface area contributed by atoms with Gasteiger partial charge in [0.15, 0.2) is 11.6 Å². The lowest BCUT2D eigenvalue weighted by Gasteiger charge is -2.08. The number of hydrazine groups is 1. The number of rotatable bonds is 6. The number of aromatic nitrogens is 2. The highest BCUT2D eigenvalue weighted by Crippen LogP contribution is 2.19. The van der Waals surface area contributed by atoms with Crippen LogP contribution in [0.25, 0.3) is 0 Å². The maximum Gasteiger partial charge on any atom is 0.239 e. The number of nitrogen functional groups attached to an aromatic ring is 1. The Kier molecular flexibility index (Phi) is 4.84. The Morgan fingerprint density at radius 2 is 2.00 bits per heavy atom. The summed E-state index contributed by atoms with van der Waals surface area (Å²) < 4.78 is 13.6. The van der Waals surface area contributed by atoms with Gasteiger partial charge in [0.1, 0.15) is 0 Å². The molecule has 5 nitrogen and oxygen atoms in total. The lowest BCUT2D eigenvalue weighted by molar-refractivity contribution is 0.619. The van der Waals surface area contributed by atoms with Crippen LogP contribution in [0.15, 0.2) is 30.5 Å². The van der Waals surface area contributed by atoms with Crippen molar-refractivity contribution in [3.8, 4) is 0 Å². The first kappa shape index (κ1) is 14.2. The number of hydrogen-bond donors (Lipinski definition) is 3. The number of nitrogens with zero attached hydrogens (tertiary/aromatic N) is 2. The molecule has 0 spiro atoms. The lowest BCUT2D eigenvalue weighted by Crippen LogP contribution is -2.11. The minimum absolute atomic E-state index is 0.0919. The van der Waals surface area contributed by atoms with Crippen molar-refractivity contribution in [2.24, 2.45) is 5.84 Å². The second-order valence-corrected chi connectivity index (χ2v) is 4.46. The van der Waals surface area contributed by atoms with Gasteiger partial charge >= 0.3 is 0 Å². The zero-order chi connectivity index (χ0) is 14.4. The van der Waals surface area contributed by atoms with Crippen molar-refractivity contribution < 1.29 is 4.39 Å². The molecule has 106 valence electrons. The van der Waals surface area contributed by atoms with Crippen LogP contribution < -0.4 is 16.6 Å². The maximum absolute atomic E-state index is 13.6. The molecule has 0 unspecified atom stereocenters. The first-order valence-corrected chi connectivity index (χ1v) is 6.58. The van der Waals surface area contributed by atoms with Crippen LogP contribution in [0.5, 0.6) is 0 Å². The van der Waals surface area contributed by atoms with Crippen LogP contribution in [0.2, 0.25) is 0 Å². The van der Waals surface area contributed by atoms with E-state index in [0.717, 1.165) is 18.3 Å². The second kappa shape index (κ2) is 6.81. The molecule has 1 aromatic heterocycles. The van der Waals surface area contributed by atoms with E-state index in [0.29, 0.717) is 0 Å². The number of halogens is 1. The molecule has 6 heteroatoms. The molecule has 0 aliphatic rings. The van der Waals surface area contributed by atoms with E-state index in [9.17, 15) is 4.39 Å². The Bertz CT molecular complexity index is 556. The van der Waals surface area contributed by atoms with Crippen LogP contribution >= 0.6 is 0 Å². The van der Waals surface area contributed by atoms with Gasteiger partial charge < -0.3 is 5.32 Å². The fourth-order valence-corrected chi connectivity index (χ4v) is 1.80. The zero-order valence-electron chi connectivity index (χ0n) is 11.4. The highest BCUT2D eigenvalue weighted by molar-refractivity contribution is 5.57. The van der Waals surface area contributed by atoms with Crippen LogP contribution in [-0.2, 0) is 6.42 Å². The predicted molar refractivity (Wildman–Crippen MR) is 78.1 cm³/mol. The minimum Gasteiger partial charge on any atom is -0.338 e. The molecule has 2 rings (SSSR count). The SMILES string of the molecule is CCCCc1ccc(Nc2nc(NN)ncc2F)cc1. The van der Waals surface area contributed by atoms with E-state index < -0.39 is 5.82 Å². The molecule has 1 heterocycles. The first-order chi connectivity index (χ1) is 9.72. The fourth-order valence-electron chi connectivity index (χ4n) is 1.80. The molecule has 0 saturated carbocycles. The number of unbranched alkanes of at least 4 members (excludes halogenated alkanes) is 1. The molecule has 0 aliphatic carbocycles. The third-order valence-electron chi connectivity index (χ3n) is 2.91. The Balaban J connectivity index is 2.09. The largest absolute Gasteiger partial charge is 0.338 e. The molecule has 1 aromatic carbocycles. The van der Waals surface area contributed by atoms with Crippen molar-refractivity contribution in [1.82, 2.24) is 9.97 Å². The Morgan fingerprint density at radius 3 is 2.65 bits per heavy atom. The van der Waals surface area contributed by atoms with Crippen LogP contribution in [0, 0.1) is 5.82 Å². The van der Waals surface area contributed by atoms with Crippen molar-refractivity contribution in [3.63, 3.8) is 0 Å². The molecule has 0 fully saturated rings. The fraction of sp³-hybridized carbons (Fsp3) is 0.286. The summed E-state index contributed by atoms with van der Waals surface area (Å²) in [6, 6.07) is 7.86. The summed E-state index contributed by atoms with van der Waals surface area (Å²) in [5.74, 6) is 4.93. The molecule has 0 bridgehead atoms. The van der Waals surface area contributed by atoms with E-state index in [-0.39, 0.29) is 11.8 Å². The molecule has 0 aliphatic heterocycles. The number of nitrogens with two attached hydrogens (primary N) is 1. The first-order valence-electron chi connectivity index (χ1n) is 6.58. The van der Waals surface area contributed by atoms with E-state index in [4.69, 9.17) is 5.84 Å². The Hall–Kier alpha value is -2.21. The van der Waals surface area contributed by atoms with Crippen molar-refractivity contribution in [3.05, 3.63) is 41.8 Å². The van der Waals surface area contributed by atoms with Crippen molar-refractivity contribution in [2.75, 3.05) is 10.7 Å². The Morgan fingerprint density at radius 1 is 1.25 bits per heavy atom. The predicted octanol–water partition coefficient (Wildman–Crippen LogP) is 2.99. The smallest absolute Gasteiger partial charge is 0.239 e. The van der Waals surface area contributed by atoms with Gasteiger partial charge in [-0.3, -0.25) is 5.43 Å². The van der Waals surface area contributed by atoms with Gasteiger partial charge in [-0.15, -0.1) is 0 Å². The maximum atomic E-state index is 13.6. The summed E-state index contributed by atoms with van der Waals surface area (Å²) in [7, 11) is 0. The van der Waals surface area contributed by atoms with Gasteiger partial charge in [0.2, 0.25) is 5.95 Å². The van der Waals surface area contributed by atoms with Gasteiger partial charge in [-0.05, 0) is 30.5 Å². The molecule has 0 atom stereocenters. The van der Waals surface area contributed by atoms with E-state index in [1.165, 1.54) is 18.4 Å². The molecule has 0 radical (unpaired) electrons. The van der Waals surface area contributed by atoms with Gasteiger partial charge in [0.25, 0.3) is 0 Å². The topological polar surface area (TPSA) is 75.9 Å². The van der Waals surface area contributed by atoms with Gasteiger partial charge in [0.05, 0.1) is 6.20 Å². The summed E-state index contributed by atoms with van der Waals surface area (Å²) in [6.45, 7) is 2.16. The summed E-state index contributed by atoms with van der Waals surface area (Å²) in [4.78, 5) is 7.61. The second-order valence-electron chi connectivity index (χ2n) is 4.46. The molecule has 20 heavy (non-hydrogen) atoms. The number of anilines is 3. The van der Waals surface area contributed by atoms with Gasteiger partial charge in [-0.25, -0.2) is 15.2 Å². The Labute approximate surface area is 117 Å². The third kappa shape index (κ3) is 3.64. The highest BCUT2D eigenvalue weighted by Gasteiger charge is 2.06. The van der Waals surface area contributed by atoms with E-state index in [1.54, 1.807) is 0 Å². The average Bonchev–Trinajstić information content (AvgIpc) is 2.49. The zero-order valence-corrected chi connectivity index (χ0v) is 11.4.